The minimum atomic E-state index is -0.937. The number of rotatable bonds is 10. The maximum atomic E-state index is 13.0. The van der Waals surface area contributed by atoms with Crippen LogP contribution in [0.4, 0.5) is 21.9 Å². The molecule has 2 atom stereocenters. The Hall–Kier alpha value is -4.94. The Kier molecular flexibility index (Phi) is 10.7. The molecule has 0 spiro atoms. The Labute approximate surface area is 274 Å². The van der Waals surface area contributed by atoms with Crippen molar-refractivity contribution in [2.24, 2.45) is 5.92 Å². The Balaban J connectivity index is 1.17. The van der Waals surface area contributed by atoms with Crippen LogP contribution in [0, 0.1) is 12.8 Å². The van der Waals surface area contributed by atoms with Crippen LogP contribution in [-0.2, 0) is 25.5 Å². The van der Waals surface area contributed by atoms with Crippen molar-refractivity contribution >= 4 is 40.9 Å². The second kappa shape index (κ2) is 15.1. The molecule has 2 saturated heterocycles. The van der Waals surface area contributed by atoms with Gasteiger partial charge in [0.1, 0.15) is 5.75 Å². The van der Waals surface area contributed by atoms with Crippen molar-refractivity contribution in [2.75, 3.05) is 75.6 Å². The van der Waals surface area contributed by atoms with Crippen LogP contribution in [-0.4, -0.2) is 98.8 Å². The molecule has 0 aliphatic carbocycles. The molecule has 12 nitrogen and oxygen atoms in total. The van der Waals surface area contributed by atoms with Gasteiger partial charge in [-0.15, -0.1) is 0 Å². The molecule has 3 aromatic carbocycles. The number of amides is 4. The summed E-state index contributed by atoms with van der Waals surface area (Å²) in [5.74, 6) is -1.91. The second-order valence-corrected chi connectivity index (χ2v) is 11.9. The number of hydrogen-bond donors (Lipinski definition) is 3. The predicted molar refractivity (Wildman–Crippen MR) is 178 cm³/mol. The monoisotopic (exact) mass is 643 g/mol. The number of likely N-dealkylation sites (tertiary alicyclic amines) is 1. The van der Waals surface area contributed by atoms with E-state index < -0.39 is 11.9 Å². The smallest absolute Gasteiger partial charge is 0.326 e. The molecule has 2 unspecified atom stereocenters. The maximum absolute atomic E-state index is 13.0. The first-order valence-corrected chi connectivity index (χ1v) is 15.6. The molecule has 12 heteroatoms. The molecular weight excluding hydrogens is 602 g/mol. The molecule has 2 aliphatic rings. The minimum Gasteiger partial charge on any atom is -0.495 e. The summed E-state index contributed by atoms with van der Waals surface area (Å²) >= 11 is 0. The second-order valence-electron chi connectivity index (χ2n) is 11.9. The Morgan fingerprint density at radius 1 is 0.979 bits per heavy atom. The Morgan fingerprint density at radius 2 is 1.70 bits per heavy atom. The molecule has 248 valence electrons. The number of methoxy groups -OCH3 is 1. The number of aryl methyl sites for hydroxylation is 1. The highest BCUT2D eigenvalue weighted by atomic mass is 16.5. The van der Waals surface area contributed by atoms with Crippen molar-refractivity contribution in [3.8, 4) is 5.75 Å². The largest absolute Gasteiger partial charge is 0.495 e. The van der Waals surface area contributed by atoms with E-state index in [-0.39, 0.29) is 43.3 Å². The number of ether oxygens (including phenoxy) is 2. The number of hydrogen-bond acceptors (Lipinski definition) is 7. The molecule has 2 heterocycles. The fraction of sp³-hybridized carbons (Fsp3) is 0.371. The van der Waals surface area contributed by atoms with E-state index in [1.54, 1.807) is 54.4 Å². The number of carboxylic acid groups (broad SMARTS) is 1. The number of benzene rings is 3. The van der Waals surface area contributed by atoms with E-state index >= 15 is 0 Å². The van der Waals surface area contributed by atoms with Crippen molar-refractivity contribution in [2.45, 2.75) is 19.3 Å². The molecule has 0 saturated carbocycles. The zero-order valence-electron chi connectivity index (χ0n) is 26.9. The summed E-state index contributed by atoms with van der Waals surface area (Å²) in [6.07, 6.45) is 0.0688. The first-order chi connectivity index (χ1) is 22.6. The fourth-order valence-electron chi connectivity index (χ4n) is 6.05. The van der Waals surface area contributed by atoms with Crippen LogP contribution in [0.5, 0.6) is 5.75 Å². The summed E-state index contributed by atoms with van der Waals surface area (Å²) in [6, 6.07) is 19.5. The van der Waals surface area contributed by atoms with Gasteiger partial charge in [0.05, 0.1) is 44.9 Å². The topological polar surface area (TPSA) is 141 Å². The van der Waals surface area contributed by atoms with Crippen LogP contribution >= 0.6 is 0 Å². The lowest BCUT2D eigenvalue weighted by molar-refractivity contribution is -0.142. The number of anilines is 3. The number of aliphatic carboxylic acids is 1. The van der Waals surface area contributed by atoms with E-state index in [0.29, 0.717) is 55.5 Å². The number of carboxylic acids is 1. The number of para-hydroxylation sites is 1. The van der Waals surface area contributed by atoms with Crippen molar-refractivity contribution < 1.29 is 33.8 Å². The Morgan fingerprint density at radius 3 is 2.38 bits per heavy atom. The summed E-state index contributed by atoms with van der Waals surface area (Å²) in [5, 5.41) is 15.7. The van der Waals surface area contributed by atoms with Gasteiger partial charge in [0.2, 0.25) is 11.8 Å². The maximum Gasteiger partial charge on any atom is 0.326 e. The van der Waals surface area contributed by atoms with Gasteiger partial charge < -0.3 is 30.1 Å². The summed E-state index contributed by atoms with van der Waals surface area (Å²) in [4.78, 5) is 56.1. The van der Waals surface area contributed by atoms with E-state index in [4.69, 9.17) is 9.47 Å². The lowest BCUT2D eigenvalue weighted by Gasteiger charge is -2.28. The quantitative estimate of drug-likeness (QED) is 0.303. The fourth-order valence-corrected chi connectivity index (χ4v) is 6.05. The van der Waals surface area contributed by atoms with Crippen LogP contribution in [0.25, 0.3) is 0 Å². The molecular formula is C35H41N5O7. The van der Waals surface area contributed by atoms with Crippen LogP contribution in [0.15, 0.2) is 66.7 Å². The Bertz CT molecular complexity index is 1610. The van der Waals surface area contributed by atoms with Gasteiger partial charge in [0, 0.05) is 50.5 Å². The van der Waals surface area contributed by atoms with Gasteiger partial charge in [-0.3, -0.25) is 24.2 Å². The molecule has 0 radical (unpaired) electrons. The van der Waals surface area contributed by atoms with Gasteiger partial charge in [-0.25, -0.2) is 4.79 Å². The highest BCUT2D eigenvalue weighted by molar-refractivity contribution is 6.02. The average molecular weight is 644 g/mol. The van der Waals surface area contributed by atoms with Crippen molar-refractivity contribution in [1.29, 1.82) is 0 Å². The van der Waals surface area contributed by atoms with Crippen LogP contribution < -0.4 is 20.3 Å². The summed E-state index contributed by atoms with van der Waals surface area (Å²) < 4.78 is 10.9. The normalized spacial score (nSPS) is 18.0. The van der Waals surface area contributed by atoms with Crippen LogP contribution in [0.3, 0.4) is 0 Å². The van der Waals surface area contributed by atoms with E-state index in [0.717, 1.165) is 16.8 Å². The molecule has 3 aromatic rings. The van der Waals surface area contributed by atoms with Gasteiger partial charge in [-0.2, -0.15) is 0 Å². The number of nitrogens with one attached hydrogen (secondary N) is 2. The zero-order valence-corrected chi connectivity index (χ0v) is 26.9. The van der Waals surface area contributed by atoms with E-state index in [2.05, 4.69) is 10.6 Å². The predicted octanol–water partition coefficient (Wildman–Crippen LogP) is 3.81. The van der Waals surface area contributed by atoms with Gasteiger partial charge in [0.25, 0.3) is 0 Å². The molecule has 0 aromatic heterocycles. The van der Waals surface area contributed by atoms with E-state index in [1.165, 1.54) is 12.0 Å². The molecule has 4 amide bonds. The van der Waals surface area contributed by atoms with Crippen molar-refractivity contribution in [3.63, 3.8) is 0 Å². The highest BCUT2D eigenvalue weighted by Crippen LogP contribution is 2.34. The molecule has 2 aliphatic heterocycles. The third kappa shape index (κ3) is 8.27. The van der Waals surface area contributed by atoms with Crippen LogP contribution in [0.2, 0.25) is 0 Å². The highest BCUT2D eigenvalue weighted by Gasteiger charge is 2.40. The van der Waals surface area contributed by atoms with E-state index in [9.17, 15) is 24.3 Å². The van der Waals surface area contributed by atoms with Gasteiger partial charge in [-0.1, -0.05) is 36.4 Å². The third-order valence-electron chi connectivity index (χ3n) is 8.73. The molecule has 5 rings (SSSR count). The standard InChI is InChI=1S/C35H41N5O7/c1-23-6-4-5-7-30(23)38(2)35(45)37-29-13-8-24(18-31(29)46-3)19-32(41)36-26-11-9-25(10-12-26)27-20-40(21-28(27)34(43)44)33(42)22-39-14-16-47-17-15-39/h4-13,18,27-28H,14-17,19-22H2,1-3H3,(H,36,41)(H,37,45)(H,43,44). The number of nitrogens with zero attached hydrogens (tertiary/aromatic N) is 3. The average Bonchev–Trinajstić information content (AvgIpc) is 3.52. The number of urea groups is 1. The first kappa shape index (κ1) is 33.4. The molecule has 3 N–H and O–H groups in total. The minimum absolute atomic E-state index is 0.0688. The summed E-state index contributed by atoms with van der Waals surface area (Å²) in [5.41, 5.74) is 4.29. The molecule has 0 bridgehead atoms. The van der Waals surface area contributed by atoms with Gasteiger partial charge >= 0.3 is 12.0 Å². The number of carbonyl (C=O) groups is 4. The lowest BCUT2D eigenvalue weighted by Crippen LogP contribution is -2.44. The van der Waals surface area contributed by atoms with Gasteiger partial charge in [-0.05, 0) is 53.9 Å². The zero-order chi connectivity index (χ0) is 33.5. The first-order valence-electron chi connectivity index (χ1n) is 15.6. The number of carbonyl (C=O) groups excluding carboxylic acids is 3. The van der Waals surface area contributed by atoms with Gasteiger partial charge in [0.15, 0.2) is 0 Å². The molecule has 2 fully saturated rings. The lowest BCUT2D eigenvalue weighted by atomic mass is 9.89. The summed E-state index contributed by atoms with van der Waals surface area (Å²) in [6.45, 7) is 5.22. The summed E-state index contributed by atoms with van der Waals surface area (Å²) in [7, 11) is 3.19. The molecule has 47 heavy (non-hydrogen) atoms. The van der Waals surface area contributed by atoms with Crippen LogP contribution in [0.1, 0.15) is 22.6 Å². The van der Waals surface area contributed by atoms with Crippen molar-refractivity contribution in [3.05, 3.63) is 83.4 Å². The number of morpholine rings is 1. The third-order valence-corrected chi connectivity index (χ3v) is 8.73. The van der Waals surface area contributed by atoms with Crippen molar-refractivity contribution in [1.82, 2.24) is 9.80 Å². The van der Waals surface area contributed by atoms with E-state index in [1.807, 2.05) is 36.1 Å². The SMILES string of the molecule is COc1cc(CC(=O)Nc2ccc(C3CN(C(=O)CN4CCOCC4)CC3C(=O)O)cc2)ccc1NC(=O)N(C)c1ccccc1C.